The van der Waals surface area contributed by atoms with Crippen molar-refractivity contribution in [2.24, 2.45) is 5.92 Å². The number of nitro groups is 1. The van der Waals surface area contributed by atoms with E-state index in [9.17, 15) is 14.9 Å². The van der Waals surface area contributed by atoms with Crippen LogP contribution in [0.2, 0.25) is 0 Å². The van der Waals surface area contributed by atoms with Crippen molar-refractivity contribution >= 4 is 35.8 Å². The lowest BCUT2D eigenvalue weighted by Crippen LogP contribution is -2.26. The minimum atomic E-state index is -0.421. The third-order valence-electron chi connectivity index (χ3n) is 3.26. The largest absolute Gasteiger partial charge is 0.352 e. The Morgan fingerprint density at radius 1 is 1.33 bits per heavy atom. The Morgan fingerprint density at radius 3 is 2.62 bits per heavy atom. The minimum absolute atomic E-state index is 0. The second-order valence-electron chi connectivity index (χ2n) is 5.68. The van der Waals surface area contributed by atoms with Crippen molar-refractivity contribution in [2.75, 3.05) is 25.9 Å². The van der Waals surface area contributed by atoms with E-state index in [1.165, 1.54) is 17.8 Å². The summed E-state index contributed by atoms with van der Waals surface area (Å²) >= 11 is 1.47. The van der Waals surface area contributed by atoms with Crippen LogP contribution in [0.4, 0.5) is 5.69 Å². The van der Waals surface area contributed by atoms with E-state index in [0.29, 0.717) is 22.9 Å². The number of nitro benzene ring substituents is 1. The standard InChI is InChI=1S/C16H25N3O3S.ClH/c1-12(2)7-10-23-15-6-5-13(11-14(15)19(21)22)16(20)18-9-4-8-17-3;/h5-6,11-12,17H,4,7-10H2,1-3H3,(H,18,20);1H. The van der Waals surface area contributed by atoms with E-state index in [-0.39, 0.29) is 24.0 Å². The maximum absolute atomic E-state index is 12.0. The van der Waals surface area contributed by atoms with Crippen molar-refractivity contribution in [3.8, 4) is 0 Å². The molecular formula is C16H26ClN3O3S. The first-order valence-electron chi connectivity index (χ1n) is 7.79. The molecule has 8 heteroatoms. The van der Waals surface area contributed by atoms with Gasteiger partial charge in [-0.05, 0) is 50.2 Å². The smallest absolute Gasteiger partial charge is 0.283 e. The van der Waals surface area contributed by atoms with Crippen molar-refractivity contribution in [1.29, 1.82) is 0 Å². The Morgan fingerprint density at radius 2 is 2.04 bits per heavy atom. The van der Waals surface area contributed by atoms with E-state index in [2.05, 4.69) is 24.5 Å². The zero-order valence-electron chi connectivity index (χ0n) is 14.3. The number of nitrogens with one attached hydrogen (secondary N) is 2. The predicted octanol–water partition coefficient (Wildman–Crippen LogP) is 3.49. The number of nitrogens with zero attached hydrogens (tertiary/aromatic N) is 1. The summed E-state index contributed by atoms with van der Waals surface area (Å²) in [5, 5.41) is 17.0. The van der Waals surface area contributed by atoms with Gasteiger partial charge in [0, 0.05) is 18.2 Å². The molecule has 1 aromatic carbocycles. The average molecular weight is 376 g/mol. The van der Waals surface area contributed by atoms with Crippen molar-refractivity contribution in [2.45, 2.75) is 31.6 Å². The molecule has 1 amide bonds. The van der Waals surface area contributed by atoms with Gasteiger partial charge in [-0.15, -0.1) is 24.2 Å². The molecule has 24 heavy (non-hydrogen) atoms. The van der Waals surface area contributed by atoms with Crippen LogP contribution in [0, 0.1) is 16.0 Å². The van der Waals surface area contributed by atoms with Gasteiger partial charge in [0.15, 0.2) is 0 Å². The van der Waals surface area contributed by atoms with Gasteiger partial charge in [0.25, 0.3) is 11.6 Å². The number of amides is 1. The summed E-state index contributed by atoms with van der Waals surface area (Å²) in [6.07, 6.45) is 1.81. The van der Waals surface area contributed by atoms with E-state index in [0.717, 1.165) is 25.1 Å². The Balaban J connectivity index is 0.00000529. The molecule has 0 spiro atoms. The van der Waals surface area contributed by atoms with Gasteiger partial charge in [0.05, 0.1) is 9.82 Å². The van der Waals surface area contributed by atoms with Crippen molar-refractivity contribution in [3.05, 3.63) is 33.9 Å². The van der Waals surface area contributed by atoms with Gasteiger partial charge >= 0.3 is 0 Å². The first-order chi connectivity index (χ1) is 11.0. The van der Waals surface area contributed by atoms with E-state index >= 15 is 0 Å². The molecule has 0 aromatic heterocycles. The number of rotatable bonds is 10. The number of carbonyl (C=O) groups excluding carboxylic acids is 1. The van der Waals surface area contributed by atoms with Gasteiger partial charge in [-0.25, -0.2) is 0 Å². The Hall–Kier alpha value is -1.31. The van der Waals surface area contributed by atoms with Crippen LogP contribution in [0.25, 0.3) is 0 Å². The Labute approximate surface area is 153 Å². The normalized spacial score (nSPS) is 10.3. The van der Waals surface area contributed by atoms with Crippen LogP contribution in [0.5, 0.6) is 0 Å². The highest BCUT2D eigenvalue weighted by Gasteiger charge is 2.17. The molecule has 0 saturated carbocycles. The van der Waals surface area contributed by atoms with Gasteiger partial charge < -0.3 is 10.6 Å². The number of hydrogen-bond donors (Lipinski definition) is 2. The van der Waals surface area contributed by atoms with Crippen LogP contribution < -0.4 is 10.6 Å². The number of thioether (sulfide) groups is 1. The average Bonchev–Trinajstić information content (AvgIpc) is 2.51. The van der Waals surface area contributed by atoms with Gasteiger partial charge in [-0.3, -0.25) is 14.9 Å². The van der Waals surface area contributed by atoms with E-state index in [4.69, 9.17) is 0 Å². The second kappa shape index (κ2) is 12.1. The van der Waals surface area contributed by atoms with Crippen LogP contribution >= 0.6 is 24.2 Å². The van der Waals surface area contributed by atoms with Gasteiger partial charge in [-0.1, -0.05) is 13.8 Å². The van der Waals surface area contributed by atoms with E-state index < -0.39 is 4.92 Å². The molecule has 0 fully saturated rings. The molecule has 0 saturated heterocycles. The molecule has 1 aromatic rings. The SMILES string of the molecule is CNCCCNC(=O)c1ccc(SCCC(C)C)c([N+](=O)[O-])c1.Cl. The fourth-order valence-corrected chi connectivity index (χ4v) is 3.15. The quantitative estimate of drug-likeness (QED) is 0.283. The lowest BCUT2D eigenvalue weighted by Gasteiger charge is -2.08. The maximum atomic E-state index is 12.0. The van der Waals surface area contributed by atoms with Crippen molar-refractivity contribution in [1.82, 2.24) is 10.6 Å². The summed E-state index contributed by atoms with van der Waals surface area (Å²) in [5.41, 5.74) is 0.330. The predicted molar refractivity (Wildman–Crippen MR) is 101 cm³/mol. The molecular weight excluding hydrogens is 350 g/mol. The number of benzene rings is 1. The zero-order chi connectivity index (χ0) is 17.2. The molecule has 2 N–H and O–H groups in total. The fraction of sp³-hybridized carbons (Fsp3) is 0.562. The number of carbonyl (C=O) groups is 1. The monoisotopic (exact) mass is 375 g/mol. The molecule has 0 heterocycles. The van der Waals surface area contributed by atoms with Gasteiger partial charge in [0.2, 0.25) is 0 Å². The molecule has 0 bridgehead atoms. The highest BCUT2D eigenvalue weighted by Crippen LogP contribution is 2.31. The third kappa shape index (κ3) is 7.99. The summed E-state index contributed by atoms with van der Waals surface area (Å²) in [7, 11) is 1.85. The summed E-state index contributed by atoms with van der Waals surface area (Å²) in [6.45, 7) is 5.59. The fourth-order valence-electron chi connectivity index (χ4n) is 1.90. The second-order valence-corrected chi connectivity index (χ2v) is 6.82. The molecule has 0 unspecified atom stereocenters. The molecule has 1 rings (SSSR count). The van der Waals surface area contributed by atoms with E-state index in [1.807, 2.05) is 7.05 Å². The highest BCUT2D eigenvalue weighted by molar-refractivity contribution is 7.99. The number of hydrogen-bond acceptors (Lipinski definition) is 5. The molecule has 0 aliphatic heterocycles. The van der Waals surface area contributed by atoms with Crippen molar-refractivity contribution in [3.63, 3.8) is 0 Å². The minimum Gasteiger partial charge on any atom is -0.352 e. The van der Waals surface area contributed by atoms with Crippen LogP contribution in [-0.4, -0.2) is 36.7 Å². The van der Waals surface area contributed by atoms with Crippen LogP contribution in [-0.2, 0) is 0 Å². The maximum Gasteiger partial charge on any atom is 0.283 e. The first-order valence-corrected chi connectivity index (χ1v) is 8.78. The summed E-state index contributed by atoms with van der Waals surface area (Å²) in [5.74, 6) is 1.11. The zero-order valence-corrected chi connectivity index (χ0v) is 16.0. The third-order valence-corrected chi connectivity index (χ3v) is 4.36. The van der Waals surface area contributed by atoms with Crippen LogP contribution in [0.3, 0.4) is 0 Å². The van der Waals surface area contributed by atoms with Crippen LogP contribution in [0.15, 0.2) is 23.1 Å². The van der Waals surface area contributed by atoms with Gasteiger partial charge in [0.1, 0.15) is 0 Å². The molecule has 0 aliphatic carbocycles. The topological polar surface area (TPSA) is 84.3 Å². The summed E-state index contributed by atoms with van der Waals surface area (Å²) in [4.78, 5) is 23.5. The summed E-state index contributed by atoms with van der Waals surface area (Å²) < 4.78 is 0. The lowest BCUT2D eigenvalue weighted by molar-refractivity contribution is -0.387. The summed E-state index contributed by atoms with van der Waals surface area (Å²) in [6, 6.07) is 4.69. The highest BCUT2D eigenvalue weighted by atomic mass is 35.5. The first kappa shape index (κ1) is 22.7. The molecule has 6 nitrogen and oxygen atoms in total. The number of halogens is 1. The van der Waals surface area contributed by atoms with Crippen molar-refractivity contribution < 1.29 is 9.72 Å². The molecule has 0 radical (unpaired) electrons. The van der Waals surface area contributed by atoms with Crippen LogP contribution in [0.1, 0.15) is 37.0 Å². The lowest BCUT2D eigenvalue weighted by atomic mass is 10.2. The van der Waals surface area contributed by atoms with E-state index in [1.54, 1.807) is 12.1 Å². The molecule has 0 atom stereocenters. The Kier molecular flexibility index (Phi) is 11.4. The molecule has 0 aliphatic rings. The van der Waals surface area contributed by atoms with Gasteiger partial charge in [-0.2, -0.15) is 0 Å². The molecule has 136 valence electrons. The Bertz CT molecular complexity index is 541.